The van der Waals surface area contributed by atoms with Crippen molar-refractivity contribution in [3.63, 3.8) is 0 Å². The van der Waals surface area contributed by atoms with Gasteiger partial charge in [0.15, 0.2) is 0 Å². The molecule has 0 saturated carbocycles. The third kappa shape index (κ3) is 4.78. The molecule has 1 aromatic rings. The van der Waals surface area contributed by atoms with Crippen molar-refractivity contribution in [2.45, 2.75) is 52.6 Å². The largest absolute Gasteiger partial charge is 0.493 e. The molecule has 0 aliphatic carbocycles. The van der Waals surface area contributed by atoms with Crippen molar-refractivity contribution in [3.05, 3.63) is 29.3 Å². The van der Waals surface area contributed by atoms with E-state index >= 15 is 0 Å². The zero-order valence-corrected chi connectivity index (χ0v) is 11.2. The Hall–Kier alpha value is -1.02. The van der Waals surface area contributed by atoms with Gasteiger partial charge in [0.1, 0.15) is 5.75 Å². The first kappa shape index (κ1) is 14.0. The van der Waals surface area contributed by atoms with E-state index in [1.807, 2.05) is 25.1 Å². The van der Waals surface area contributed by atoms with Crippen molar-refractivity contribution in [3.8, 4) is 5.75 Å². The van der Waals surface area contributed by atoms with E-state index in [0.717, 1.165) is 29.9 Å². The number of benzene rings is 1. The molecule has 0 radical (unpaired) electrons. The maximum atomic E-state index is 9.47. The highest BCUT2D eigenvalue weighted by Crippen LogP contribution is 2.22. The molecule has 2 heteroatoms. The van der Waals surface area contributed by atoms with Gasteiger partial charge in [-0.25, -0.2) is 0 Å². The van der Waals surface area contributed by atoms with Gasteiger partial charge in [-0.05, 0) is 43.5 Å². The maximum Gasteiger partial charge on any atom is 0.122 e. The number of ether oxygens (including phenoxy) is 1. The van der Waals surface area contributed by atoms with Gasteiger partial charge in [-0.3, -0.25) is 0 Å². The Morgan fingerprint density at radius 1 is 1.24 bits per heavy atom. The Morgan fingerprint density at radius 3 is 2.59 bits per heavy atom. The molecule has 0 spiro atoms. The molecule has 1 atom stereocenters. The molecule has 0 aliphatic heterocycles. The van der Waals surface area contributed by atoms with Crippen molar-refractivity contribution in [2.75, 3.05) is 6.61 Å². The smallest absolute Gasteiger partial charge is 0.122 e. The Kier molecular flexibility index (Phi) is 6.06. The highest BCUT2D eigenvalue weighted by atomic mass is 16.5. The predicted molar refractivity (Wildman–Crippen MR) is 71.4 cm³/mol. The highest BCUT2D eigenvalue weighted by Gasteiger charge is 2.04. The minimum absolute atomic E-state index is 0.410. The number of hydrogen-bond donors (Lipinski definition) is 1. The Labute approximate surface area is 105 Å². The van der Waals surface area contributed by atoms with Crippen LogP contribution in [0.5, 0.6) is 5.75 Å². The third-order valence-corrected chi connectivity index (χ3v) is 2.94. The van der Waals surface area contributed by atoms with Gasteiger partial charge in [0.05, 0.1) is 12.7 Å². The Bertz CT molecular complexity index is 332. The molecule has 0 aliphatic rings. The number of unbranched alkanes of at least 4 members (excludes halogenated alkanes) is 3. The molecule has 1 rings (SSSR count). The van der Waals surface area contributed by atoms with Gasteiger partial charge in [-0.15, -0.1) is 0 Å². The van der Waals surface area contributed by atoms with E-state index in [1.165, 1.54) is 19.3 Å². The quantitative estimate of drug-likeness (QED) is 0.725. The van der Waals surface area contributed by atoms with Crippen LogP contribution >= 0.6 is 0 Å². The van der Waals surface area contributed by atoms with Crippen LogP contribution in [-0.2, 0) is 0 Å². The van der Waals surface area contributed by atoms with Crippen LogP contribution in [0.1, 0.15) is 56.8 Å². The zero-order chi connectivity index (χ0) is 12.7. The van der Waals surface area contributed by atoms with E-state index < -0.39 is 6.10 Å². The SMILES string of the molecule is CCCCCCOc1ccc([C@H](C)O)cc1C. The summed E-state index contributed by atoms with van der Waals surface area (Å²) in [5.74, 6) is 0.936. The first-order valence-electron chi connectivity index (χ1n) is 6.56. The maximum absolute atomic E-state index is 9.47. The monoisotopic (exact) mass is 236 g/mol. The number of aryl methyl sites for hydroxylation is 1. The molecule has 0 amide bonds. The molecular weight excluding hydrogens is 212 g/mol. The number of hydrogen-bond acceptors (Lipinski definition) is 2. The minimum Gasteiger partial charge on any atom is -0.493 e. The van der Waals surface area contributed by atoms with Crippen LogP contribution in [0.25, 0.3) is 0 Å². The summed E-state index contributed by atoms with van der Waals surface area (Å²) in [6, 6.07) is 5.88. The summed E-state index contributed by atoms with van der Waals surface area (Å²) >= 11 is 0. The van der Waals surface area contributed by atoms with E-state index in [4.69, 9.17) is 4.74 Å². The molecule has 0 heterocycles. The first-order valence-corrected chi connectivity index (χ1v) is 6.56. The van der Waals surface area contributed by atoms with Gasteiger partial charge in [0, 0.05) is 0 Å². The van der Waals surface area contributed by atoms with Crippen LogP contribution in [0.15, 0.2) is 18.2 Å². The molecule has 1 N–H and O–H groups in total. The summed E-state index contributed by atoms with van der Waals surface area (Å²) in [5.41, 5.74) is 2.04. The topological polar surface area (TPSA) is 29.5 Å². The van der Waals surface area contributed by atoms with Gasteiger partial charge in [0.25, 0.3) is 0 Å². The summed E-state index contributed by atoms with van der Waals surface area (Å²) in [6.45, 7) is 6.79. The average molecular weight is 236 g/mol. The summed E-state index contributed by atoms with van der Waals surface area (Å²) in [4.78, 5) is 0. The fraction of sp³-hybridized carbons (Fsp3) is 0.600. The van der Waals surface area contributed by atoms with Gasteiger partial charge < -0.3 is 9.84 Å². The second kappa shape index (κ2) is 7.33. The fourth-order valence-corrected chi connectivity index (χ4v) is 1.81. The number of aliphatic hydroxyl groups excluding tert-OH is 1. The molecule has 17 heavy (non-hydrogen) atoms. The average Bonchev–Trinajstić information content (AvgIpc) is 2.30. The normalized spacial score (nSPS) is 12.5. The van der Waals surface area contributed by atoms with E-state index in [1.54, 1.807) is 6.92 Å². The van der Waals surface area contributed by atoms with E-state index in [2.05, 4.69) is 6.92 Å². The summed E-state index contributed by atoms with van der Waals surface area (Å²) in [6.07, 6.45) is 4.48. The first-order chi connectivity index (χ1) is 8.15. The van der Waals surface area contributed by atoms with Gasteiger partial charge in [-0.2, -0.15) is 0 Å². The van der Waals surface area contributed by atoms with Gasteiger partial charge in [0.2, 0.25) is 0 Å². The lowest BCUT2D eigenvalue weighted by Gasteiger charge is -2.11. The van der Waals surface area contributed by atoms with Crippen molar-refractivity contribution in [1.29, 1.82) is 0 Å². The molecular formula is C15H24O2. The predicted octanol–water partition coefficient (Wildman–Crippen LogP) is 4.01. The Balaban J connectivity index is 2.43. The molecule has 1 aromatic carbocycles. The summed E-state index contributed by atoms with van der Waals surface area (Å²) < 4.78 is 5.74. The standard InChI is InChI=1S/C15H24O2/c1-4-5-6-7-10-17-15-9-8-14(13(3)16)11-12(15)2/h8-9,11,13,16H,4-7,10H2,1-3H3/t13-/m0/s1. The summed E-state index contributed by atoms with van der Waals surface area (Å²) in [7, 11) is 0. The number of rotatable bonds is 7. The van der Waals surface area contributed by atoms with Crippen molar-refractivity contribution in [2.24, 2.45) is 0 Å². The van der Waals surface area contributed by atoms with E-state index in [9.17, 15) is 5.11 Å². The minimum atomic E-state index is -0.410. The van der Waals surface area contributed by atoms with Crippen molar-refractivity contribution < 1.29 is 9.84 Å². The Morgan fingerprint density at radius 2 is 2.00 bits per heavy atom. The molecule has 0 unspecified atom stereocenters. The van der Waals surface area contributed by atoms with Gasteiger partial charge in [-0.1, -0.05) is 32.3 Å². The van der Waals surface area contributed by atoms with Crippen LogP contribution in [0.4, 0.5) is 0 Å². The van der Waals surface area contributed by atoms with Crippen LogP contribution in [0.3, 0.4) is 0 Å². The zero-order valence-electron chi connectivity index (χ0n) is 11.2. The lowest BCUT2D eigenvalue weighted by atomic mass is 10.1. The van der Waals surface area contributed by atoms with Crippen LogP contribution in [0.2, 0.25) is 0 Å². The van der Waals surface area contributed by atoms with Crippen molar-refractivity contribution >= 4 is 0 Å². The second-order valence-corrected chi connectivity index (χ2v) is 4.61. The number of aliphatic hydroxyl groups is 1. The van der Waals surface area contributed by atoms with Gasteiger partial charge >= 0.3 is 0 Å². The third-order valence-electron chi connectivity index (χ3n) is 2.94. The fourth-order valence-electron chi connectivity index (χ4n) is 1.81. The van der Waals surface area contributed by atoms with Crippen LogP contribution < -0.4 is 4.74 Å². The van der Waals surface area contributed by atoms with Crippen LogP contribution in [0, 0.1) is 6.92 Å². The molecule has 2 nitrogen and oxygen atoms in total. The molecule has 96 valence electrons. The second-order valence-electron chi connectivity index (χ2n) is 4.61. The molecule has 0 bridgehead atoms. The van der Waals surface area contributed by atoms with Crippen molar-refractivity contribution in [1.82, 2.24) is 0 Å². The molecule has 0 saturated heterocycles. The highest BCUT2D eigenvalue weighted by molar-refractivity contribution is 5.36. The molecule has 0 aromatic heterocycles. The lowest BCUT2D eigenvalue weighted by molar-refractivity contribution is 0.199. The van der Waals surface area contributed by atoms with E-state index in [-0.39, 0.29) is 0 Å². The van der Waals surface area contributed by atoms with Crippen LogP contribution in [-0.4, -0.2) is 11.7 Å². The lowest BCUT2D eigenvalue weighted by Crippen LogP contribution is -2.00. The molecule has 0 fully saturated rings. The summed E-state index contributed by atoms with van der Waals surface area (Å²) in [5, 5.41) is 9.47. The van der Waals surface area contributed by atoms with E-state index in [0.29, 0.717) is 0 Å².